The number of carboxylic acids is 1. The van der Waals surface area contributed by atoms with Crippen LogP contribution in [0.3, 0.4) is 0 Å². The SMILES string of the molecule is CCNCC(=O)O.[H-].[K+]. The van der Waals surface area contributed by atoms with E-state index in [1.807, 2.05) is 6.92 Å². The number of carboxylic acid groups (broad SMARTS) is 1. The van der Waals surface area contributed by atoms with E-state index in [4.69, 9.17) is 5.11 Å². The molecule has 0 radical (unpaired) electrons. The van der Waals surface area contributed by atoms with Crippen LogP contribution in [0.1, 0.15) is 8.35 Å². The Morgan fingerprint density at radius 2 is 2.38 bits per heavy atom. The summed E-state index contributed by atoms with van der Waals surface area (Å²) in [6, 6.07) is 0. The van der Waals surface area contributed by atoms with Crippen LogP contribution in [-0.4, -0.2) is 24.2 Å². The zero-order valence-corrected chi connectivity index (χ0v) is 8.39. The molecule has 0 saturated carbocycles. The van der Waals surface area contributed by atoms with Crippen LogP contribution in [0.4, 0.5) is 0 Å². The summed E-state index contributed by atoms with van der Waals surface area (Å²) in [7, 11) is 0. The molecule has 0 aromatic carbocycles. The molecule has 3 nitrogen and oxygen atoms in total. The van der Waals surface area contributed by atoms with Gasteiger partial charge in [0.05, 0.1) is 6.54 Å². The molecule has 0 amide bonds. The van der Waals surface area contributed by atoms with Crippen LogP contribution >= 0.6 is 0 Å². The maximum atomic E-state index is 9.70. The summed E-state index contributed by atoms with van der Waals surface area (Å²) in [5, 5.41) is 10.6. The molecular formula is C4H10KNO2. The van der Waals surface area contributed by atoms with Crippen LogP contribution in [-0.2, 0) is 4.79 Å². The first-order valence-corrected chi connectivity index (χ1v) is 2.20. The summed E-state index contributed by atoms with van der Waals surface area (Å²) in [4.78, 5) is 9.70. The first-order valence-electron chi connectivity index (χ1n) is 2.20. The Hall–Kier alpha value is 1.07. The minimum absolute atomic E-state index is 0. The molecule has 0 unspecified atom stereocenters. The van der Waals surface area contributed by atoms with E-state index in [0.29, 0.717) is 6.54 Å². The van der Waals surface area contributed by atoms with Gasteiger partial charge in [-0.05, 0) is 6.54 Å². The van der Waals surface area contributed by atoms with Gasteiger partial charge in [0, 0.05) is 0 Å². The molecule has 0 aliphatic heterocycles. The third-order valence-corrected chi connectivity index (χ3v) is 0.526. The molecule has 0 heterocycles. The molecule has 0 spiro atoms. The van der Waals surface area contributed by atoms with Crippen molar-refractivity contribution in [3.63, 3.8) is 0 Å². The Balaban J connectivity index is -0.000000180. The summed E-state index contributed by atoms with van der Waals surface area (Å²) in [6.07, 6.45) is 0. The van der Waals surface area contributed by atoms with Crippen molar-refractivity contribution in [2.75, 3.05) is 13.1 Å². The van der Waals surface area contributed by atoms with Gasteiger partial charge in [-0.2, -0.15) is 0 Å². The fourth-order valence-electron chi connectivity index (χ4n) is 0.232. The summed E-state index contributed by atoms with van der Waals surface area (Å²) < 4.78 is 0. The van der Waals surface area contributed by atoms with Gasteiger partial charge in [-0.25, -0.2) is 0 Å². The number of rotatable bonds is 3. The molecule has 0 bridgehead atoms. The zero-order valence-electron chi connectivity index (χ0n) is 6.27. The van der Waals surface area contributed by atoms with Crippen molar-refractivity contribution in [3.05, 3.63) is 0 Å². The van der Waals surface area contributed by atoms with E-state index < -0.39 is 5.97 Å². The topological polar surface area (TPSA) is 49.3 Å². The number of hydrogen-bond donors (Lipinski definition) is 2. The number of aliphatic carboxylic acids is 1. The van der Waals surface area contributed by atoms with Gasteiger partial charge in [-0.15, -0.1) is 0 Å². The largest absolute Gasteiger partial charge is 1.00 e. The number of likely N-dealkylation sites (N-methyl/N-ethyl adjacent to an activating group) is 1. The van der Waals surface area contributed by atoms with Gasteiger partial charge in [0.25, 0.3) is 0 Å². The third-order valence-electron chi connectivity index (χ3n) is 0.526. The van der Waals surface area contributed by atoms with Gasteiger partial charge in [-0.3, -0.25) is 4.79 Å². The van der Waals surface area contributed by atoms with Gasteiger partial charge in [0.2, 0.25) is 0 Å². The van der Waals surface area contributed by atoms with Gasteiger partial charge < -0.3 is 11.8 Å². The summed E-state index contributed by atoms with van der Waals surface area (Å²) in [6.45, 7) is 2.64. The smallest absolute Gasteiger partial charge is 1.00 e. The molecule has 2 N–H and O–H groups in total. The maximum absolute atomic E-state index is 9.70. The average Bonchev–Trinajstić information content (AvgIpc) is 1.61. The molecule has 4 heteroatoms. The molecule has 0 rings (SSSR count). The zero-order chi connectivity index (χ0) is 5.70. The first-order chi connectivity index (χ1) is 3.27. The van der Waals surface area contributed by atoms with E-state index in [0.717, 1.165) is 0 Å². The van der Waals surface area contributed by atoms with E-state index in [-0.39, 0.29) is 59.4 Å². The molecule has 0 atom stereocenters. The molecule has 8 heavy (non-hydrogen) atoms. The Bertz CT molecular complexity index is 71.6. The Morgan fingerprint density at radius 3 is 2.50 bits per heavy atom. The molecule has 0 aromatic rings. The van der Waals surface area contributed by atoms with Crippen LogP contribution < -0.4 is 56.7 Å². The van der Waals surface area contributed by atoms with Crippen LogP contribution in [0.25, 0.3) is 0 Å². The molecule has 44 valence electrons. The second kappa shape index (κ2) is 8.07. The van der Waals surface area contributed by atoms with Crippen molar-refractivity contribution >= 4 is 5.97 Å². The van der Waals surface area contributed by atoms with E-state index in [9.17, 15) is 4.79 Å². The number of carbonyl (C=O) groups is 1. The van der Waals surface area contributed by atoms with Crippen LogP contribution in [0.5, 0.6) is 0 Å². The van der Waals surface area contributed by atoms with Crippen LogP contribution in [0.15, 0.2) is 0 Å². The van der Waals surface area contributed by atoms with Gasteiger partial charge in [-0.1, -0.05) is 6.92 Å². The van der Waals surface area contributed by atoms with Gasteiger partial charge in [0.1, 0.15) is 0 Å². The minimum Gasteiger partial charge on any atom is -1.00 e. The minimum atomic E-state index is -0.804. The maximum Gasteiger partial charge on any atom is 1.00 e. The number of hydrogen-bond acceptors (Lipinski definition) is 2. The summed E-state index contributed by atoms with van der Waals surface area (Å²) in [5.41, 5.74) is 0. The predicted molar refractivity (Wildman–Crippen MR) is 27.3 cm³/mol. The Kier molecular flexibility index (Phi) is 11.9. The van der Waals surface area contributed by atoms with Crippen molar-refractivity contribution in [1.29, 1.82) is 0 Å². The van der Waals surface area contributed by atoms with E-state index in [1.54, 1.807) is 0 Å². The van der Waals surface area contributed by atoms with Gasteiger partial charge in [0.15, 0.2) is 0 Å². The van der Waals surface area contributed by atoms with Crippen molar-refractivity contribution in [2.24, 2.45) is 0 Å². The third kappa shape index (κ3) is 10.1. The van der Waals surface area contributed by atoms with Crippen molar-refractivity contribution in [3.8, 4) is 0 Å². The quantitative estimate of drug-likeness (QED) is 0.409. The molecule has 0 aliphatic rings. The van der Waals surface area contributed by atoms with Crippen LogP contribution in [0, 0.1) is 0 Å². The predicted octanol–water partition coefficient (Wildman–Crippen LogP) is -3.20. The second-order valence-electron chi connectivity index (χ2n) is 1.17. The van der Waals surface area contributed by atoms with E-state index in [2.05, 4.69) is 5.32 Å². The molecule has 0 aromatic heterocycles. The fourth-order valence-corrected chi connectivity index (χ4v) is 0.232. The van der Waals surface area contributed by atoms with Crippen molar-refractivity contribution in [2.45, 2.75) is 6.92 Å². The Morgan fingerprint density at radius 1 is 1.88 bits per heavy atom. The molecule has 0 saturated heterocycles. The van der Waals surface area contributed by atoms with Crippen LogP contribution in [0.2, 0.25) is 0 Å². The first kappa shape index (κ1) is 11.8. The molecule has 0 fully saturated rings. The standard InChI is InChI=1S/C4H9NO2.K.H/c1-2-5-3-4(6)7;;/h5H,2-3H2,1H3,(H,6,7);;/q;+1;-1. The Labute approximate surface area is 92.7 Å². The summed E-state index contributed by atoms with van der Waals surface area (Å²) >= 11 is 0. The van der Waals surface area contributed by atoms with E-state index >= 15 is 0 Å². The fraction of sp³-hybridized carbons (Fsp3) is 0.750. The molecular weight excluding hydrogens is 133 g/mol. The van der Waals surface area contributed by atoms with Gasteiger partial charge >= 0.3 is 57.4 Å². The van der Waals surface area contributed by atoms with Crippen molar-refractivity contribution < 1.29 is 62.7 Å². The van der Waals surface area contributed by atoms with E-state index in [1.165, 1.54) is 0 Å². The normalized spacial score (nSPS) is 7.62. The monoisotopic (exact) mass is 143 g/mol. The average molecular weight is 143 g/mol. The van der Waals surface area contributed by atoms with Crippen molar-refractivity contribution in [1.82, 2.24) is 5.32 Å². The summed E-state index contributed by atoms with van der Waals surface area (Å²) in [5.74, 6) is -0.804. The molecule has 0 aliphatic carbocycles. The second-order valence-corrected chi connectivity index (χ2v) is 1.17. The number of nitrogens with one attached hydrogen (secondary N) is 1.